The number of ether oxygens (including phenoxy) is 3. The molecule has 1 aliphatic heterocycles. The van der Waals surface area contributed by atoms with Crippen molar-refractivity contribution in [2.24, 2.45) is 0 Å². The predicted molar refractivity (Wildman–Crippen MR) is 138 cm³/mol. The summed E-state index contributed by atoms with van der Waals surface area (Å²) in [7, 11) is -2.44. The van der Waals surface area contributed by atoms with Gasteiger partial charge in [-0.3, -0.25) is 9.10 Å². The zero-order valence-corrected chi connectivity index (χ0v) is 21.6. The van der Waals surface area contributed by atoms with Crippen molar-refractivity contribution in [2.75, 3.05) is 31.1 Å². The molecule has 1 aliphatic rings. The summed E-state index contributed by atoms with van der Waals surface area (Å²) in [5.41, 5.74) is 3.44. The van der Waals surface area contributed by atoms with Crippen molar-refractivity contribution in [1.82, 2.24) is 5.32 Å². The average Bonchev–Trinajstić information content (AvgIpc) is 2.86. The molecule has 1 atom stereocenters. The highest BCUT2D eigenvalue weighted by Gasteiger charge is 2.37. The van der Waals surface area contributed by atoms with Crippen LogP contribution in [0.5, 0.6) is 17.2 Å². The summed E-state index contributed by atoms with van der Waals surface area (Å²) >= 11 is 0. The first-order valence-electron chi connectivity index (χ1n) is 11.6. The molecule has 0 bridgehead atoms. The molecular formula is C27H30N2O6S. The summed E-state index contributed by atoms with van der Waals surface area (Å²) in [6.45, 7) is 6.21. The largest absolute Gasteiger partial charge is 0.497 e. The van der Waals surface area contributed by atoms with Gasteiger partial charge in [-0.25, -0.2) is 8.42 Å². The Balaban J connectivity index is 1.49. The molecule has 0 aromatic heterocycles. The molecule has 0 radical (unpaired) electrons. The van der Waals surface area contributed by atoms with Gasteiger partial charge < -0.3 is 19.5 Å². The van der Waals surface area contributed by atoms with Crippen LogP contribution in [0.4, 0.5) is 5.69 Å². The second-order valence-electron chi connectivity index (χ2n) is 8.70. The molecule has 8 nitrogen and oxygen atoms in total. The number of aryl methyl sites for hydroxylation is 3. The van der Waals surface area contributed by atoms with Crippen LogP contribution in [0.3, 0.4) is 0 Å². The van der Waals surface area contributed by atoms with Gasteiger partial charge in [0, 0.05) is 0 Å². The van der Waals surface area contributed by atoms with Crippen LogP contribution < -0.4 is 23.8 Å². The first kappa shape index (κ1) is 25.4. The van der Waals surface area contributed by atoms with Crippen molar-refractivity contribution in [3.63, 3.8) is 0 Å². The molecule has 3 aromatic rings. The third-order valence-corrected chi connectivity index (χ3v) is 7.71. The number of rotatable bonds is 8. The molecule has 4 rings (SSSR count). The molecule has 0 fully saturated rings. The Morgan fingerprint density at radius 3 is 2.42 bits per heavy atom. The van der Waals surface area contributed by atoms with Gasteiger partial charge in [-0.05, 0) is 74.4 Å². The number of amides is 1. The quantitative estimate of drug-likeness (QED) is 0.464. The third kappa shape index (κ3) is 5.41. The fourth-order valence-electron chi connectivity index (χ4n) is 4.01. The number of methoxy groups -OCH3 is 1. The van der Waals surface area contributed by atoms with E-state index in [4.69, 9.17) is 14.2 Å². The van der Waals surface area contributed by atoms with Crippen molar-refractivity contribution in [2.45, 2.75) is 31.8 Å². The third-order valence-electron chi connectivity index (χ3n) is 5.91. The van der Waals surface area contributed by atoms with Crippen molar-refractivity contribution in [1.29, 1.82) is 0 Å². The maximum absolute atomic E-state index is 13.6. The van der Waals surface area contributed by atoms with E-state index in [0.717, 1.165) is 22.4 Å². The number of anilines is 1. The number of hydrogen-bond acceptors (Lipinski definition) is 6. The van der Waals surface area contributed by atoms with Gasteiger partial charge in [0.25, 0.3) is 15.9 Å². The molecule has 0 spiro atoms. The van der Waals surface area contributed by atoms with Gasteiger partial charge in [-0.2, -0.15) is 0 Å². The Bertz CT molecular complexity index is 1360. The minimum atomic E-state index is -3.96. The smallest absolute Gasteiger partial charge is 0.264 e. The highest BCUT2D eigenvalue weighted by Crippen LogP contribution is 2.38. The summed E-state index contributed by atoms with van der Waals surface area (Å²) in [4.78, 5) is 13.1. The van der Waals surface area contributed by atoms with Crippen molar-refractivity contribution in [3.8, 4) is 17.2 Å². The molecule has 0 unspecified atom stereocenters. The van der Waals surface area contributed by atoms with Gasteiger partial charge in [-0.1, -0.05) is 23.8 Å². The average molecular weight is 511 g/mol. The molecular weight excluding hydrogens is 480 g/mol. The predicted octanol–water partition coefficient (Wildman–Crippen LogP) is 3.77. The van der Waals surface area contributed by atoms with Crippen molar-refractivity contribution >= 4 is 21.6 Å². The topological polar surface area (TPSA) is 94.2 Å². The number of carbonyl (C=O) groups excluding carboxylic acids is 1. The summed E-state index contributed by atoms with van der Waals surface area (Å²) in [5, 5.41) is 2.80. The van der Waals surface area contributed by atoms with E-state index in [1.165, 1.54) is 23.5 Å². The number of nitrogens with one attached hydrogen (secondary N) is 1. The van der Waals surface area contributed by atoms with E-state index in [9.17, 15) is 13.2 Å². The monoisotopic (exact) mass is 510 g/mol. The highest BCUT2D eigenvalue weighted by atomic mass is 32.2. The van der Waals surface area contributed by atoms with E-state index >= 15 is 0 Å². The zero-order valence-electron chi connectivity index (χ0n) is 20.8. The number of sulfonamides is 1. The first-order chi connectivity index (χ1) is 17.2. The lowest BCUT2D eigenvalue weighted by molar-refractivity contribution is -0.127. The fourth-order valence-corrected chi connectivity index (χ4v) is 5.49. The van der Waals surface area contributed by atoms with E-state index in [0.29, 0.717) is 17.2 Å². The molecule has 0 saturated carbocycles. The normalized spacial score (nSPS) is 15.0. The second kappa shape index (κ2) is 10.5. The Morgan fingerprint density at radius 1 is 1.03 bits per heavy atom. The number of benzene rings is 3. The van der Waals surface area contributed by atoms with Crippen LogP contribution in [0.25, 0.3) is 0 Å². The minimum absolute atomic E-state index is 0.0951. The van der Waals surface area contributed by atoms with Crippen LogP contribution in [0.2, 0.25) is 0 Å². The SMILES string of the molecule is COc1ccc(S(=O)(=O)N2C[C@H](C(=O)NCCOc3ccc(C)cc3C)Oc3cc(C)ccc32)cc1. The van der Waals surface area contributed by atoms with Crippen LogP contribution in [-0.2, 0) is 14.8 Å². The summed E-state index contributed by atoms with van der Waals surface area (Å²) < 4.78 is 45.2. The first-order valence-corrected chi connectivity index (χ1v) is 13.0. The summed E-state index contributed by atoms with van der Waals surface area (Å²) in [5.74, 6) is 1.23. The lowest BCUT2D eigenvalue weighted by atomic mass is 10.1. The molecule has 9 heteroatoms. The molecule has 0 saturated heterocycles. The minimum Gasteiger partial charge on any atom is -0.497 e. The summed E-state index contributed by atoms with van der Waals surface area (Å²) in [6, 6.07) is 17.3. The van der Waals surface area contributed by atoms with Gasteiger partial charge in [0.2, 0.25) is 0 Å². The number of hydrogen-bond donors (Lipinski definition) is 1. The Kier molecular flexibility index (Phi) is 7.40. The molecule has 36 heavy (non-hydrogen) atoms. The number of carbonyl (C=O) groups is 1. The maximum Gasteiger partial charge on any atom is 0.264 e. The zero-order chi connectivity index (χ0) is 25.9. The van der Waals surface area contributed by atoms with Crippen LogP contribution >= 0.6 is 0 Å². The van der Waals surface area contributed by atoms with E-state index in [2.05, 4.69) is 5.32 Å². The van der Waals surface area contributed by atoms with Crippen LogP contribution in [0.15, 0.2) is 65.6 Å². The number of fused-ring (bicyclic) bond motifs is 1. The second-order valence-corrected chi connectivity index (χ2v) is 10.6. The van der Waals surface area contributed by atoms with Gasteiger partial charge in [-0.15, -0.1) is 0 Å². The molecule has 3 aromatic carbocycles. The molecule has 1 heterocycles. The van der Waals surface area contributed by atoms with E-state index in [1.807, 2.05) is 45.0 Å². The van der Waals surface area contributed by atoms with Crippen molar-refractivity contribution in [3.05, 3.63) is 77.4 Å². The van der Waals surface area contributed by atoms with Crippen LogP contribution in [-0.4, -0.2) is 47.2 Å². The summed E-state index contributed by atoms with van der Waals surface area (Å²) in [6.07, 6.45) is -1.02. The van der Waals surface area contributed by atoms with Gasteiger partial charge >= 0.3 is 0 Å². The van der Waals surface area contributed by atoms with E-state index < -0.39 is 22.0 Å². The highest BCUT2D eigenvalue weighted by molar-refractivity contribution is 7.92. The van der Waals surface area contributed by atoms with Crippen LogP contribution in [0, 0.1) is 20.8 Å². The maximum atomic E-state index is 13.6. The van der Waals surface area contributed by atoms with Crippen molar-refractivity contribution < 1.29 is 27.4 Å². The van der Waals surface area contributed by atoms with E-state index in [-0.39, 0.29) is 24.6 Å². The molecule has 0 aliphatic carbocycles. The van der Waals surface area contributed by atoms with Gasteiger partial charge in [0.15, 0.2) is 6.10 Å². The lowest BCUT2D eigenvalue weighted by Crippen LogP contribution is -2.51. The standard InChI is InChI=1S/C27H30N2O6S/c1-18-6-12-24(20(3)15-18)34-14-13-28-27(30)26-17-29(23-11-5-19(2)16-25(23)35-26)36(31,32)22-9-7-21(33-4)8-10-22/h5-12,15-16,26H,13-14,17H2,1-4H3,(H,28,30)/t26-/m1/s1. The molecule has 1 amide bonds. The Labute approximate surface area is 211 Å². The number of nitrogens with zero attached hydrogens (tertiary/aromatic N) is 1. The van der Waals surface area contributed by atoms with Crippen LogP contribution in [0.1, 0.15) is 16.7 Å². The molecule has 1 N–H and O–H groups in total. The van der Waals surface area contributed by atoms with Gasteiger partial charge in [0.05, 0.1) is 30.8 Å². The van der Waals surface area contributed by atoms with Gasteiger partial charge in [0.1, 0.15) is 23.9 Å². The lowest BCUT2D eigenvalue weighted by Gasteiger charge is -2.35. The molecule has 190 valence electrons. The Morgan fingerprint density at radius 2 is 1.72 bits per heavy atom. The van der Waals surface area contributed by atoms with E-state index in [1.54, 1.807) is 24.3 Å². The Hall–Kier alpha value is -3.72. The fraction of sp³-hybridized carbons (Fsp3) is 0.296.